The van der Waals surface area contributed by atoms with E-state index in [2.05, 4.69) is 15.6 Å². The molecule has 0 radical (unpaired) electrons. The molecule has 0 aliphatic carbocycles. The molecule has 5 nitrogen and oxygen atoms in total. The first kappa shape index (κ1) is 15.4. The molecule has 0 bridgehead atoms. The topological polar surface area (TPSA) is 63.2 Å². The van der Waals surface area contributed by atoms with Crippen molar-refractivity contribution in [1.29, 1.82) is 0 Å². The zero-order chi connectivity index (χ0) is 16.1. The molecule has 23 heavy (non-hydrogen) atoms. The van der Waals surface area contributed by atoms with Gasteiger partial charge < -0.3 is 15.4 Å². The SMILES string of the molecule is O=C(Nc1ccc(NCc2ccc(F)cc2)nc1)C1CCCO1. The van der Waals surface area contributed by atoms with Crippen LogP contribution in [-0.2, 0) is 16.1 Å². The summed E-state index contributed by atoms with van der Waals surface area (Å²) in [4.78, 5) is 16.2. The van der Waals surface area contributed by atoms with Gasteiger partial charge >= 0.3 is 0 Å². The number of hydrogen-bond donors (Lipinski definition) is 2. The number of carbonyl (C=O) groups excluding carboxylic acids is 1. The summed E-state index contributed by atoms with van der Waals surface area (Å²) >= 11 is 0. The quantitative estimate of drug-likeness (QED) is 0.890. The van der Waals surface area contributed by atoms with E-state index in [0.717, 1.165) is 18.4 Å². The Hall–Kier alpha value is -2.47. The van der Waals surface area contributed by atoms with Crippen molar-refractivity contribution in [2.75, 3.05) is 17.2 Å². The average Bonchev–Trinajstić information content (AvgIpc) is 3.10. The highest BCUT2D eigenvalue weighted by Crippen LogP contribution is 2.16. The lowest BCUT2D eigenvalue weighted by molar-refractivity contribution is -0.124. The highest BCUT2D eigenvalue weighted by molar-refractivity contribution is 5.94. The smallest absolute Gasteiger partial charge is 0.253 e. The molecule has 1 atom stereocenters. The van der Waals surface area contributed by atoms with Crippen LogP contribution in [0.3, 0.4) is 0 Å². The maximum atomic E-state index is 12.8. The van der Waals surface area contributed by atoms with Crippen LogP contribution < -0.4 is 10.6 Å². The molecule has 6 heteroatoms. The van der Waals surface area contributed by atoms with Gasteiger partial charge in [0.15, 0.2) is 0 Å². The van der Waals surface area contributed by atoms with Crippen molar-refractivity contribution in [3.05, 3.63) is 54.0 Å². The number of halogens is 1. The number of pyridine rings is 1. The van der Waals surface area contributed by atoms with E-state index in [0.29, 0.717) is 24.7 Å². The van der Waals surface area contributed by atoms with E-state index < -0.39 is 0 Å². The van der Waals surface area contributed by atoms with Gasteiger partial charge in [-0.1, -0.05) is 12.1 Å². The largest absolute Gasteiger partial charge is 0.368 e. The molecule has 1 aromatic carbocycles. The molecule has 2 aromatic rings. The molecule has 120 valence electrons. The average molecular weight is 315 g/mol. The molecule has 1 aliphatic rings. The Balaban J connectivity index is 1.52. The second-order valence-corrected chi connectivity index (χ2v) is 5.40. The first-order valence-corrected chi connectivity index (χ1v) is 7.57. The van der Waals surface area contributed by atoms with Crippen molar-refractivity contribution in [3.63, 3.8) is 0 Å². The zero-order valence-electron chi connectivity index (χ0n) is 12.6. The number of benzene rings is 1. The Morgan fingerprint density at radius 1 is 1.26 bits per heavy atom. The molecule has 1 fully saturated rings. The fourth-order valence-corrected chi connectivity index (χ4v) is 2.37. The van der Waals surface area contributed by atoms with Crippen molar-refractivity contribution in [1.82, 2.24) is 4.98 Å². The lowest BCUT2D eigenvalue weighted by Gasteiger charge is -2.11. The Bertz CT molecular complexity index is 653. The first-order valence-electron chi connectivity index (χ1n) is 7.57. The minimum Gasteiger partial charge on any atom is -0.368 e. The summed E-state index contributed by atoms with van der Waals surface area (Å²) in [5.41, 5.74) is 1.60. The van der Waals surface area contributed by atoms with Crippen LogP contribution in [0, 0.1) is 5.82 Å². The van der Waals surface area contributed by atoms with Crippen LogP contribution in [-0.4, -0.2) is 23.6 Å². The number of carbonyl (C=O) groups is 1. The number of hydrogen-bond acceptors (Lipinski definition) is 4. The third-order valence-corrected chi connectivity index (χ3v) is 3.64. The lowest BCUT2D eigenvalue weighted by atomic mass is 10.2. The van der Waals surface area contributed by atoms with Crippen molar-refractivity contribution in [2.45, 2.75) is 25.5 Å². The molecule has 1 amide bonds. The van der Waals surface area contributed by atoms with Gasteiger partial charge in [0.2, 0.25) is 0 Å². The van der Waals surface area contributed by atoms with E-state index in [-0.39, 0.29) is 17.8 Å². The molecule has 1 unspecified atom stereocenters. The van der Waals surface area contributed by atoms with E-state index >= 15 is 0 Å². The van der Waals surface area contributed by atoms with Gasteiger partial charge in [-0.15, -0.1) is 0 Å². The molecular formula is C17H18FN3O2. The number of rotatable bonds is 5. The summed E-state index contributed by atoms with van der Waals surface area (Å²) in [5.74, 6) is 0.305. The molecule has 2 heterocycles. The molecule has 0 spiro atoms. The second-order valence-electron chi connectivity index (χ2n) is 5.40. The van der Waals surface area contributed by atoms with E-state index in [4.69, 9.17) is 4.74 Å². The minimum absolute atomic E-state index is 0.128. The Kier molecular flexibility index (Phi) is 4.83. The number of amides is 1. The summed E-state index contributed by atoms with van der Waals surface area (Å²) in [6, 6.07) is 9.86. The van der Waals surface area contributed by atoms with Gasteiger partial charge in [0.25, 0.3) is 5.91 Å². The van der Waals surface area contributed by atoms with Crippen molar-refractivity contribution in [3.8, 4) is 0 Å². The number of ether oxygens (including phenoxy) is 1. The van der Waals surface area contributed by atoms with Crippen LogP contribution in [0.5, 0.6) is 0 Å². The van der Waals surface area contributed by atoms with Gasteiger partial charge in [0.05, 0.1) is 11.9 Å². The van der Waals surface area contributed by atoms with Gasteiger partial charge in [-0.25, -0.2) is 9.37 Å². The molecule has 1 saturated heterocycles. The molecule has 3 rings (SSSR count). The van der Waals surface area contributed by atoms with Gasteiger partial charge in [-0.2, -0.15) is 0 Å². The number of nitrogens with zero attached hydrogens (tertiary/aromatic N) is 1. The summed E-state index contributed by atoms with van der Waals surface area (Å²) in [5, 5.41) is 5.94. The van der Waals surface area contributed by atoms with Crippen LogP contribution in [0.25, 0.3) is 0 Å². The van der Waals surface area contributed by atoms with E-state index in [1.807, 2.05) is 0 Å². The number of anilines is 2. The van der Waals surface area contributed by atoms with E-state index in [1.54, 1.807) is 30.5 Å². The van der Waals surface area contributed by atoms with E-state index in [9.17, 15) is 9.18 Å². The zero-order valence-corrected chi connectivity index (χ0v) is 12.6. The predicted octanol–water partition coefficient (Wildman–Crippen LogP) is 2.95. The monoisotopic (exact) mass is 315 g/mol. The predicted molar refractivity (Wildman–Crippen MR) is 85.6 cm³/mol. The summed E-state index contributed by atoms with van der Waals surface area (Å²) in [6.07, 6.45) is 2.92. The highest BCUT2D eigenvalue weighted by Gasteiger charge is 2.23. The first-order chi connectivity index (χ1) is 11.2. The van der Waals surface area contributed by atoms with Crippen LogP contribution >= 0.6 is 0 Å². The van der Waals surface area contributed by atoms with Crippen molar-refractivity contribution >= 4 is 17.4 Å². The van der Waals surface area contributed by atoms with Gasteiger partial charge in [0, 0.05) is 13.2 Å². The lowest BCUT2D eigenvalue weighted by Crippen LogP contribution is -2.26. The van der Waals surface area contributed by atoms with Gasteiger partial charge in [0.1, 0.15) is 17.7 Å². The third kappa shape index (κ3) is 4.26. The summed E-state index contributed by atoms with van der Waals surface area (Å²) in [6.45, 7) is 1.19. The molecule has 2 N–H and O–H groups in total. The molecule has 0 saturated carbocycles. The number of aromatic nitrogens is 1. The Labute approximate surface area is 133 Å². The molecule has 1 aliphatic heterocycles. The normalized spacial score (nSPS) is 17.0. The maximum Gasteiger partial charge on any atom is 0.253 e. The molecule has 1 aromatic heterocycles. The van der Waals surface area contributed by atoms with Crippen molar-refractivity contribution < 1.29 is 13.9 Å². The van der Waals surface area contributed by atoms with Crippen molar-refractivity contribution in [2.24, 2.45) is 0 Å². The maximum absolute atomic E-state index is 12.8. The van der Waals surface area contributed by atoms with Gasteiger partial charge in [-0.05, 0) is 42.7 Å². The summed E-state index contributed by atoms with van der Waals surface area (Å²) < 4.78 is 18.2. The van der Waals surface area contributed by atoms with Crippen LogP contribution in [0.1, 0.15) is 18.4 Å². The number of nitrogens with one attached hydrogen (secondary N) is 2. The fourth-order valence-electron chi connectivity index (χ4n) is 2.37. The Morgan fingerprint density at radius 3 is 2.74 bits per heavy atom. The van der Waals surface area contributed by atoms with E-state index in [1.165, 1.54) is 12.1 Å². The fraction of sp³-hybridized carbons (Fsp3) is 0.294. The second kappa shape index (κ2) is 7.19. The van der Waals surface area contributed by atoms with Crippen LogP contribution in [0.15, 0.2) is 42.6 Å². The van der Waals surface area contributed by atoms with Gasteiger partial charge in [-0.3, -0.25) is 4.79 Å². The Morgan fingerprint density at radius 2 is 2.09 bits per heavy atom. The molecular weight excluding hydrogens is 297 g/mol. The third-order valence-electron chi connectivity index (χ3n) is 3.64. The highest BCUT2D eigenvalue weighted by atomic mass is 19.1. The minimum atomic E-state index is -0.355. The van der Waals surface area contributed by atoms with Crippen LogP contribution in [0.2, 0.25) is 0 Å². The summed E-state index contributed by atoms with van der Waals surface area (Å²) in [7, 11) is 0. The van der Waals surface area contributed by atoms with Crippen LogP contribution in [0.4, 0.5) is 15.9 Å². The standard InChI is InChI=1S/C17H18FN3O2/c18-13-5-3-12(4-6-13)10-19-16-8-7-14(11-20-16)21-17(22)15-2-1-9-23-15/h3-8,11,15H,1-2,9-10H2,(H,19,20)(H,21,22).